The largest absolute Gasteiger partial charge is 0.355 e. The summed E-state index contributed by atoms with van der Waals surface area (Å²) in [5.74, 6) is 3.00. The number of fused-ring (bicyclic) bond motifs is 1. The molecule has 0 unspecified atom stereocenters. The summed E-state index contributed by atoms with van der Waals surface area (Å²) in [6.07, 6.45) is 10.8. The molecule has 6 heteroatoms. The van der Waals surface area contributed by atoms with E-state index in [0.717, 1.165) is 56.7 Å². The van der Waals surface area contributed by atoms with Crippen LogP contribution in [0.3, 0.4) is 0 Å². The summed E-state index contributed by atoms with van der Waals surface area (Å²) in [5.41, 5.74) is 2.35. The Morgan fingerprint density at radius 1 is 1.19 bits per heavy atom. The van der Waals surface area contributed by atoms with Crippen LogP contribution in [0.2, 0.25) is 0 Å². The normalized spacial score (nSPS) is 21.3. The van der Waals surface area contributed by atoms with E-state index in [1.54, 1.807) is 0 Å². The first-order chi connectivity index (χ1) is 12.7. The van der Waals surface area contributed by atoms with Gasteiger partial charge in [-0.25, -0.2) is 9.50 Å². The summed E-state index contributed by atoms with van der Waals surface area (Å²) in [6, 6.07) is 2.23. The average Bonchev–Trinajstić information content (AvgIpc) is 3.58. The first kappa shape index (κ1) is 16.1. The predicted octanol–water partition coefficient (Wildman–Crippen LogP) is 2.69. The topological polar surface area (TPSA) is 53.7 Å². The highest BCUT2D eigenvalue weighted by Crippen LogP contribution is 2.40. The molecular formula is C20H27N5O. The lowest BCUT2D eigenvalue weighted by Gasteiger charge is -2.34. The van der Waals surface area contributed by atoms with Gasteiger partial charge in [0.25, 0.3) is 0 Å². The minimum absolute atomic E-state index is 0.324. The molecule has 2 saturated carbocycles. The van der Waals surface area contributed by atoms with E-state index in [4.69, 9.17) is 5.10 Å². The maximum Gasteiger partial charge on any atom is 0.225 e. The van der Waals surface area contributed by atoms with Gasteiger partial charge >= 0.3 is 0 Å². The van der Waals surface area contributed by atoms with Crippen molar-refractivity contribution in [1.29, 1.82) is 0 Å². The highest BCUT2D eigenvalue weighted by Gasteiger charge is 2.33. The molecule has 6 nitrogen and oxygen atoms in total. The van der Waals surface area contributed by atoms with Crippen molar-refractivity contribution in [2.24, 2.45) is 11.8 Å². The van der Waals surface area contributed by atoms with Gasteiger partial charge < -0.3 is 9.80 Å². The molecule has 0 N–H and O–H groups in total. The van der Waals surface area contributed by atoms with Gasteiger partial charge in [0.05, 0.1) is 5.69 Å². The Kier molecular flexibility index (Phi) is 3.87. The fourth-order valence-electron chi connectivity index (χ4n) is 4.20. The van der Waals surface area contributed by atoms with Gasteiger partial charge in [-0.3, -0.25) is 4.79 Å². The third-order valence-electron chi connectivity index (χ3n) is 6.13. The predicted molar refractivity (Wildman–Crippen MR) is 100 cm³/mol. The summed E-state index contributed by atoms with van der Waals surface area (Å²) < 4.78 is 1.99. The number of anilines is 1. The minimum Gasteiger partial charge on any atom is -0.355 e. The lowest BCUT2D eigenvalue weighted by Crippen LogP contribution is -2.40. The van der Waals surface area contributed by atoms with Crippen molar-refractivity contribution in [3.8, 4) is 0 Å². The maximum atomic E-state index is 12.2. The van der Waals surface area contributed by atoms with Gasteiger partial charge in [0.2, 0.25) is 5.91 Å². The Balaban J connectivity index is 1.25. The molecule has 0 radical (unpaired) electrons. The number of carbonyl (C=O) groups excluding carboxylic acids is 1. The molecule has 2 aliphatic carbocycles. The summed E-state index contributed by atoms with van der Waals surface area (Å²) >= 11 is 0. The zero-order chi connectivity index (χ0) is 17.7. The van der Waals surface area contributed by atoms with Crippen molar-refractivity contribution in [2.75, 3.05) is 31.6 Å². The molecule has 2 aromatic heterocycles. The van der Waals surface area contributed by atoms with Crippen molar-refractivity contribution < 1.29 is 4.79 Å². The van der Waals surface area contributed by atoms with Crippen LogP contribution in [-0.2, 0) is 4.79 Å². The lowest BCUT2D eigenvalue weighted by atomic mass is 9.96. The molecule has 0 atom stereocenters. The highest BCUT2D eigenvalue weighted by molar-refractivity contribution is 5.80. The first-order valence-electron chi connectivity index (χ1n) is 10.0. The molecule has 138 valence electrons. The molecule has 2 aromatic rings. The van der Waals surface area contributed by atoms with Gasteiger partial charge in [0.15, 0.2) is 5.82 Å². The van der Waals surface area contributed by atoms with Crippen LogP contribution in [0.25, 0.3) is 5.52 Å². The molecule has 3 heterocycles. The summed E-state index contributed by atoms with van der Waals surface area (Å²) in [5, 5.41) is 4.73. The Labute approximate surface area is 154 Å². The van der Waals surface area contributed by atoms with Crippen LogP contribution < -0.4 is 4.90 Å². The van der Waals surface area contributed by atoms with E-state index in [-0.39, 0.29) is 0 Å². The molecule has 0 bridgehead atoms. The van der Waals surface area contributed by atoms with Gasteiger partial charge in [-0.15, -0.1) is 0 Å². The molecule has 5 rings (SSSR count). The summed E-state index contributed by atoms with van der Waals surface area (Å²) in [6.45, 7) is 2.92. The number of piperidine rings is 1. The Bertz CT molecular complexity index is 815. The van der Waals surface area contributed by atoms with Gasteiger partial charge in [0, 0.05) is 50.9 Å². The zero-order valence-electron chi connectivity index (χ0n) is 15.5. The van der Waals surface area contributed by atoms with Crippen LogP contribution in [0.15, 0.2) is 18.5 Å². The second kappa shape index (κ2) is 6.25. The average molecular weight is 353 g/mol. The third-order valence-corrected chi connectivity index (χ3v) is 6.13. The van der Waals surface area contributed by atoms with Gasteiger partial charge in [-0.1, -0.05) is 0 Å². The fraction of sp³-hybridized carbons (Fsp3) is 0.650. The van der Waals surface area contributed by atoms with E-state index in [9.17, 15) is 4.79 Å². The Morgan fingerprint density at radius 2 is 1.96 bits per heavy atom. The zero-order valence-corrected chi connectivity index (χ0v) is 15.5. The van der Waals surface area contributed by atoms with Crippen LogP contribution in [0.4, 0.5) is 5.82 Å². The number of hydrogen-bond donors (Lipinski definition) is 0. The molecule has 1 saturated heterocycles. The molecule has 0 aromatic carbocycles. The number of nitrogens with zero attached hydrogens (tertiary/aromatic N) is 5. The summed E-state index contributed by atoms with van der Waals surface area (Å²) in [7, 11) is 1.97. The van der Waals surface area contributed by atoms with E-state index in [2.05, 4.69) is 16.0 Å². The van der Waals surface area contributed by atoms with E-state index < -0.39 is 0 Å². The lowest BCUT2D eigenvalue weighted by molar-refractivity contribution is -0.131. The van der Waals surface area contributed by atoms with Gasteiger partial charge in [-0.2, -0.15) is 5.10 Å². The molecule has 3 fully saturated rings. The molecule has 3 aliphatic rings. The van der Waals surface area contributed by atoms with Crippen LogP contribution in [-0.4, -0.2) is 52.1 Å². The van der Waals surface area contributed by atoms with Crippen molar-refractivity contribution in [2.45, 2.75) is 44.4 Å². The minimum atomic E-state index is 0.324. The quantitative estimate of drug-likeness (QED) is 0.829. The Hall–Kier alpha value is -2.11. The van der Waals surface area contributed by atoms with E-state index in [1.807, 2.05) is 28.9 Å². The standard InChI is InChI=1S/C20H27N5O/c1-23(20(26)16-4-5-16)13-14-6-9-24(10-7-14)19-18-12-17(15-2-3-15)22-25(18)11-8-21-19/h8,11-12,14-16H,2-7,9-10,13H2,1H3. The van der Waals surface area contributed by atoms with Crippen molar-refractivity contribution >= 4 is 17.2 Å². The van der Waals surface area contributed by atoms with Gasteiger partial charge in [0.1, 0.15) is 5.52 Å². The molecule has 26 heavy (non-hydrogen) atoms. The second-order valence-corrected chi connectivity index (χ2v) is 8.35. The van der Waals surface area contributed by atoms with Crippen LogP contribution in [0.5, 0.6) is 0 Å². The Morgan fingerprint density at radius 3 is 2.65 bits per heavy atom. The number of amides is 1. The smallest absolute Gasteiger partial charge is 0.225 e. The number of carbonyl (C=O) groups is 1. The highest BCUT2D eigenvalue weighted by atomic mass is 16.2. The van der Waals surface area contributed by atoms with Crippen molar-refractivity contribution in [1.82, 2.24) is 19.5 Å². The maximum absolute atomic E-state index is 12.2. The third kappa shape index (κ3) is 3.06. The van der Waals surface area contributed by atoms with E-state index >= 15 is 0 Å². The molecular weight excluding hydrogens is 326 g/mol. The van der Waals surface area contributed by atoms with Crippen LogP contribution in [0, 0.1) is 11.8 Å². The number of aromatic nitrogens is 3. The van der Waals surface area contributed by atoms with E-state index in [1.165, 1.54) is 18.5 Å². The van der Waals surface area contributed by atoms with Crippen molar-refractivity contribution in [3.63, 3.8) is 0 Å². The number of hydrogen-bond acceptors (Lipinski definition) is 4. The molecule has 1 amide bonds. The van der Waals surface area contributed by atoms with Gasteiger partial charge in [-0.05, 0) is 50.5 Å². The summed E-state index contributed by atoms with van der Waals surface area (Å²) in [4.78, 5) is 21.2. The molecule has 0 spiro atoms. The van der Waals surface area contributed by atoms with Crippen LogP contribution >= 0.6 is 0 Å². The number of rotatable bonds is 5. The monoisotopic (exact) mass is 353 g/mol. The second-order valence-electron chi connectivity index (χ2n) is 8.35. The van der Waals surface area contributed by atoms with Crippen molar-refractivity contribution in [3.05, 3.63) is 24.2 Å². The molecule has 1 aliphatic heterocycles. The SMILES string of the molecule is CN(CC1CCN(c2nccn3nc(C4CC4)cc23)CC1)C(=O)C1CC1. The van der Waals surface area contributed by atoms with E-state index in [0.29, 0.717) is 23.7 Å². The first-order valence-corrected chi connectivity index (χ1v) is 10.0. The van der Waals surface area contributed by atoms with Crippen LogP contribution in [0.1, 0.15) is 50.1 Å². The fourth-order valence-corrected chi connectivity index (χ4v) is 4.20.